The lowest BCUT2D eigenvalue weighted by molar-refractivity contribution is -0.197. The van der Waals surface area contributed by atoms with Crippen molar-refractivity contribution in [2.24, 2.45) is 0 Å². The smallest absolute Gasteiger partial charge is 0.333 e. The van der Waals surface area contributed by atoms with Gasteiger partial charge in [0.25, 0.3) is 11.8 Å². The summed E-state index contributed by atoms with van der Waals surface area (Å²) in [5, 5.41) is 3.30. The molecule has 3 amide bonds. The number of fused-ring (bicyclic) bond motifs is 6. The molecule has 0 aromatic heterocycles. The first-order valence-corrected chi connectivity index (χ1v) is 46.1. The van der Waals surface area contributed by atoms with Gasteiger partial charge in [0, 0.05) is 71.1 Å². The number of nitrogens with one attached hydrogen (secondary N) is 2. The molecule has 5 N–H and O–H groups in total. The Morgan fingerprint density at radius 1 is 0.328 bits per heavy atom. The average molecular weight is 1870 g/mol. The molecule has 5 aromatic rings. The van der Waals surface area contributed by atoms with Gasteiger partial charge in [-0.3, -0.25) is 14.4 Å². The zero-order valence-corrected chi connectivity index (χ0v) is 78.2. The average Bonchev–Trinajstić information content (AvgIpc) is 1.56. The lowest BCUT2D eigenvalue weighted by atomic mass is 9.70. The molecule has 0 unspecified atom stereocenters. The van der Waals surface area contributed by atoms with Crippen LogP contribution in [-0.4, -0.2) is 360 Å². The highest BCUT2D eigenvalue weighted by Crippen LogP contribution is 2.56. The van der Waals surface area contributed by atoms with Gasteiger partial charge in [-0.1, -0.05) is 78.9 Å². The van der Waals surface area contributed by atoms with E-state index in [0.717, 1.165) is 49.0 Å². The van der Waals surface area contributed by atoms with Gasteiger partial charge in [0.15, 0.2) is 0 Å². The number of benzene rings is 5. The number of carbonyl (C=O) groups is 4. The molecule has 8 rings (SSSR count). The van der Waals surface area contributed by atoms with E-state index in [1.165, 1.54) is 55.6 Å². The maximum atomic E-state index is 12.5. The second kappa shape index (κ2) is 75.2. The van der Waals surface area contributed by atoms with Crippen LogP contribution in [0.3, 0.4) is 0 Å². The Morgan fingerprint density at radius 3 is 0.977 bits per heavy atom. The molecule has 34 nitrogen and oxygen atoms in total. The summed E-state index contributed by atoms with van der Waals surface area (Å²) in [5.74, 6) is -1.55. The monoisotopic (exact) mass is 1870 g/mol. The fourth-order valence-corrected chi connectivity index (χ4v) is 14.2. The van der Waals surface area contributed by atoms with Crippen LogP contribution in [0.2, 0.25) is 0 Å². The number of amides is 3. The molecule has 1 aliphatic heterocycles. The van der Waals surface area contributed by atoms with E-state index < -0.39 is 23.2 Å². The molecule has 5 aromatic carbocycles. The van der Waals surface area contributed by atoms with E-state index in [-0.39, 0.29) is 37.7 Å². The minimum Gasteiger partial charge on any atom is -0.494 e. The first kappa shape index (κ1) is 113. The van der Waals surface area contributed by atoms with E-state index in [1.54, 1.807) is 14.2 Å². The molecule has 0 atom stereocenters. The van der Waals surface area contributed by atoms with E-state index >= 15 is 0 Å². The van der Waals surface area contributed by atoms with Crippen molar-refractivity contribution in [1.29, 1.82) is 4.78 Å². The highest BCUT2D eigenvalue weighted by atomic mass is 32.1. The third kappa shape index (κ3) is 47.8. The van der Waals surface area contributed by atoms with E-state index in [0.29, 0.717) is 335 Å². The standard InChI is InChI=1S/C96H142N2O30.HNS.H3N/c1-103-31-33-107-39-41-111-47-49-115-55-57-119-63-65-123-71-73-125-69-67-121-61-59-117-53-51-113-45-43-109-37-35-105-28-7-25-96(26-8-29-106-36-38-110-44-46-114-52-54-118-60-62-122-68-70-126-74-72-124-66-64-120-58-56-116-50-48-112-42-40-108-34-32-104-2)90-77-81(14-19-88(90)89-20-15-82(78-91(89)96)80-13-18-87-84(75-80)76-83-9-3-4-10-86(83)87)79-11-16-85(17-12-79)127-30-6-5-27-97-92(99)21-24-95(102)128-98-93(100)22-23-94(98)101;1-2;/h3-4,9-20,75,77-78H,5-8,21-74,76H2,1-2H3,(H,97,99);1H;1H3. The van der Waals surface area contributed by atoms with Crippen LogP contribution in [0.25, 0.3) is 44.5 Å². The largest absolute Gasteiger partial charge is 0.494 e. The highest BCUT2D eigenvalue weighted by Gasteiger charge is 2.43. The molecule has 1 fully saturated rings. The molecule has 0 saturated carbocycles. The minimum atomic E-state index is -0.814. The van der Waals surface area contributed by atoms with Crippen LogP contribution >= 0.6 is 0 Å². The number of ether oxygens (including phenoxy) is 25. The van der Waals surface area contributed by atoms with Gasteiger partial charge in [-0.05, 0) is 136 Å². The Morgan fingerprint density at radius 2 is 0.626 bits per heavy atom. The molecule has 1 saturated heterocycles. The van der Waals surface area contributed by atoms with Gasteiger partial charge in [-0.25, -0.2) is 9.57 Å². The van der Waals surface area contributed by atoms with Crippen molar-refractivity contribution >= 4 is 36.1 Å². The lowest BCUT2D eigenvalue weighted by Gasteiger charge is -2.33. The molecule has 131 heavy (non-hydrogen) atoms. The number of hydrogen-bond acceptors (Lipinski definition) is 33. The van der Waals surface area contributed by atoms with Crippen LogP contribution in [-0.2, 0) is 162 Å². The number of rotatable bonds is 86. The maximum absolute atomic E-state index is 12.5. The Bertz CT molecular complexity index is 3670. The Hall–Kier alpha value is -7.00. The van der Waals surface area contributed by atoms with Crippen LogP contribution in [0.15, 0.2) is 103 Å². The molecule has 0 radical (unpaired) electrons. The molecule has 35 heteroatoms. The summed E-state index contributed by atoms with van der Waals surface area (Å²) in [4.78, 5) is 53.2. The summed E-state index contributed by atoms with van der Waals surface area (Å²) < 4.78 is 146. The molecule has 2 aliphatic carbocycles. The topological polar surface area (TPSA) is 382 Å². The van der Waals surface area contributed by atoms with Crippen molar-refractivity contribution in [3.63, 3.8) is 0 Å². The van der Waals surface area contributed by atoms with Gasteiger partial charge in [0.05, 0.1) is 304 Å². The second-order valence-corrected chi connectivity index (χ2v) is 29.9. The number of hydrogen-bond donors (Lipinski definition) is 3. The lowest BCUT2D eigenvalue weighted by Crippen LogP contribution is -2.32. The van der Waals surface area contributed by atoms with Crippen molar-refractivity contribution in [2.75, 3.05) is 331 Å². The van der Waals surface area contributed by atoms with E-state index in [2.05, 4.69) is 109 Å². The Kier molecular flexibility index (Phi) is 64.7. The van der Waals surface area contributed by atoms with Gasteiger partial charge >= 0.3 is 5.97 Å². The number of hydroxylamine groups is 2. The zero-order chi connectivity index (χ0) is 91.7. The normalized spacial score (nSPS) is 12.9. The minimum absolute atomic E-state index is 0. The SMILES string of the molecule is COCCOCCOCCOCCOCCOCCOCCOCCOCCOCCOCCOCCCC1(CCCOCCOCCOCCOCCOCCOCCOCCOCCOCCOCCOCCOC)c2cc(-c3ccc(OCCCCNC(=O)CCC(=O)ON4C(=O)CCC4=O)cc3)ccc2-c2ccc(-c3ccc4c(c3)Cc3ccccc3-4)cc21.N.N=S. The predicted octanol–water partition coefficient (Wildman–Crippen LogP) is 10.2. The summed E-state index contributed by atoms with van der Waals surface area (Å²) in [7, 11) is 3.29. The van der Waals surface area contributed by atoms with Crippen LogP contribution in [0.5, 0.6) is 5.75 Å². The Labute approximate surface area is 779 Å². The molecule has 0 spiro atoms. The molecular formula is C96H146N4O30S. The van der Waals surface area contributed by atoms with E-state index in [1.807, 2.05) is 12.1 Å². The fourth-order valence-electron chi connectivity index (χ4n) is 14.2. The molecule has 0 bridgehead atoms. The van der Waals surface area contributed by atoms with Crippen molar-refractivity contribution in [2.45, 2.75) is 76.0 Å². The fraction of sp³-hybridized carbons (Fsp3) is 0.646. The molecule has 3 aliphatic rings. The third-order valence-corrected chi connectivity index (χ3v) is 20.7. The predicted molar refractivity (Wildman–Crippen MR) is 491 cm³/mol. The molecule has 1 heterocycles. The summed E-state index contributed by atoms with van der Waals surface area (Å²) >= 11 is 3.33. The van der Waals surface area contributed by atoms with Crippen molar-refractivity contribution in [1.82, 2.24) is 16.5 Å². The van der Waals surface area contributed by atoms with Gasteiger partial charge in [-0.2, -0.15) is 0 Å². The Balaban J connectivity index is 0.00000874. The highest BCUT2D eigenvalue weighted by molar-refractivity contribution is 7.45. The number of imide groups is 1. The number of unbranched alkanes of at least 4 members (excludes halogenated alkanes) is 1. The van der Waals surface area contributed by atoms with Crippen LogP contribution in [0, 0.1) is 4.78 Å². The molecular weight excluding hydrogens is 1720 g/mol. The van der Waals surface area contributed by atoms with Crippen molar-refractivity contribution in [3.8, 4) is 50.3 Å². The van der Waals surface area contributed by atoms with Crippen LogP contribution in [0.4, 0.5) is 0 Å². The summed E-state index contributed by atoms with van der Waals surface area (Å²) in [6, 6.07) is 37.8. The van der Waals surface area contributed by atoms with E-state index in [4.69, 9.17) is 128 Å². The van der Waals surface area contributed by atoms with E-state index in [9.17, 15) is 19.2 Å². The summed E-state index contributed by atoms with van der Waals surface area (Å²) in [5.41, 5.74) is 14.4. The number of carbonyl (C=O) groups excluding carboxylic acids is 4. The van der Waals surface area contributed by atoms with Crippen LogP contribution in [0.1, 0.15) is 86.5 Å². The maximum Gasteiger partial charge on any atom is 0.333 e. The first-order chi connectivity index (χ1) is 64.3. The molecule has 736 valence electrons. The number of nitrogens with zero attached hydrogens (tertiary/aromatic N) is 1. The second-order valence-electron chi connectivity index (χ2n) is 29.9. The van der Waals surface area contributed by atoms with Crippen LogP contribution < -0.4 is 16.2 Å². The first-order valence-electron chi connectivity index (χ1n) is 45.7. The van der Waals surface area contributed by atoms with Gasteiger partial charge < -0.3 is 135 Å². The van der Waals surface area contributed by atoms with Gasteiger partial charge in [0.1, 0.15) is 5.75 Å². The van der Waals surface area contributed by atoms with Gasteiger partial charge in [-0.15, -0.1) is 5.06 Å². The van der Waals surface area contributed by atoms with Crippen molar-refractivity contribution in [3.05, 3.63) is 125 Å². The summed E-state index contributed by atoms with van der Waals surface area (Å²) in [6.07, 6.45) is 5.07. The zero-order valence-electron chi connectivity index (χ0n) is 77.3. The third-order valence-electron chi connectivity index (χ3n) is 20.7. The number of methoxy groups -OCH3 is 2. The summed E-state index contributed by atoms with van der Waals surface area (Å²) in [6.45, 7) is 23.1. The quantitative estimate of drug-likeness (QED) is 0.0236. The van der Waals surface area contributed by atoms with Crippen molar-refractivity contribution < 1.29 is 142 Å². The van der Waals surface area contributed by atoms with Gasteiger partial charge in [0.2, 0.25) is 5.91 Å².